The molecule has 0 saturated carbocycles. The van der Waals surface area contributed by atoms with E-state index in [0.29, 0.717) is 45.1 Å². The van der Waals surface area contributed by atoms with Crippen molar-refractivity contribution >= 4 is 11.7 Å². The van der Waals surface area contributed by atoms with Crippen molar-refractivity contribution in [3.63, 3.8) is 0 Å². The van der Waals surface area contributed by atoms with E-state index in [1.165, 1.54) is 18.3 Å². The molecule has 0 unspecified atom stereocenters. The Morgan fingerprint density at radius 2 is 1.96 bits per heavy atom. The van der Waals surface area contributed by atoms with Gasteiger partial charge >= 0.3 is 0 Å². The van der Waals surface area contributed by atoms with Gasteiger partial charge in [-0.3, -0.25) is 4.79 Å². The SMILES string of the molecule is CC1(C(=O)N2COC[C@H]2c2ccccc2)CCN(c2cc(F)ccn2)CC1. The number of carbonyl (C=O) groups is 1. The van der Waals surface area contributed by atoms with Crippen molar-refractivity contribution in [3.05, 3.63) is 60.0 Å². The number of hydrogen-bond acceptors (Lipinski definition) is 4. The Morgan fingerprint density at radius 3 is 2.67 bits per heavy atom. The molecule has 2 aliphatic heterocycles. The molecule has 5 nitrogen and oxygen atoms in total. The lowest BCUT2D eigenvalue weighted by Crippen LogP contribution is -2.49. The van der Waals surface area contributed by atoms with E-state index in [1.807, 2.05) is 47.1 Å². The standard InChI is InChI=1S/C21H24FN3O2/c1-21(8-11-24(12-9-21)19-13-17(22)7-10-23-19)20(26)25-15-27-14-18(25)16-5-3-2-4-6-16/h2-7,10,13,18H,8-9,11-12,14-15H2,1H3/t18-/m0/s1. The summed E-state index contributed by atoms with van der Waals surface area (Å²) in [5.74, 6) is 0.487. The van der Waals surface area contributed by atoms with Crippen LogP contribution in [0.4, 0.5) is 10.2 Å². The van der Waals surface area contributed by atoms with Crippen LogP contribution >= 0.6 is 0 Å². The molecular weight excluding hydrogens is 345 g/mol. The Bertz CT molecular complexity index is 806. The summed E-state index contributed by atoms with van der Waals surface area (Å²) >= 11 is 0. The Morgan fingerprint density at radius 1 is 1.22 bits per heavy atom. The Balaban J connectivity index is 1.46. The van der Waals surface area contributed by atoms with Gasteiger partial charge in [0.2, 0.25) is 5.91 Å². The van der Waals surface area contributed by atoms with E-state index < -0.39 is 5.41 Å². The number of halogens is 1. The van der Waals surface area contributed by atoms with Crippen LogP contribution in [0.3, 0.4) is 0 Å². The van der Waals surface area contributed by atoms with E-state index in [9.17, 15) is 9.18 Å². The summed E-state index contributed by atoms with van der Waals surface area (Å²) in [6, 6.07) is 12.8. The van der Waals surface area contributed by atoms with E-state index in [-0.39, 0.29) is 17.8 Å². The van der Waals surface area contributed by atoms with Crippen LogP contribution in [0.5, 0.6) is 0 Å². The molecule has 0 N–H and O–H groups in total. The van der Waals surface area contributed by atoms with Crippen LogP contribution in [0.15, 0.2) is 48.7 Å². The van der Waals surface area contributed by atoms with Crippen molar-refractivity contribution in [3.8, 4) is 0 Å². The zero-order chi connectivity index (χ0) is 18.9. The first-order valence-corrected chi connectivity index (χ1v) is 9.37. The van der Waals surface area contributed by atoms with Crippen LogP contribution in [-0.4, -0.2) is 42.2 Å². The highest BCUT2D eigenvalue weighted by molar-refractivity contribution is 5.83. The summed E-state index contributed by atoms with van der Waals surface area (Å²) in [6.45, 7) is 4.27. The van der Waals surface area contributed by atoms with E-state index in [0.717, 1.165) is 5.56 Å². The molecule has 142 valence electrons. The van der Waals surface area contributed by atoms with Crippen LogP contribution < -0.4 is 4.90 Å². The second-order valence-electron chi connectivity index (χ2n) is 7.58. The Kier molecular flexibility index (Phi) is 4.83. The molecule has 1 atom stereocenters. The molecule has 2 aliphatic rings. The molecule has 6 heteroatoms. The van der Waals surface area contributed by atoms with Gasteiger partial charge in [0.15, 0.2) is 0 Å². The van der Waals surface area contributed by atoms with Gasteiger partial charge in [0.05, 0.1) is 18.1 Å². The van der Waals surface area contributed by atoms with Gasteiger partial charge in [0.25, 0.3) is 0 Å². The monoisotopic (exact) mass is 369 g/mol. The van der Waals surface area contributed by atoms with Crippen molar-refractivity contribution in [2.45, 2.75) is 25.8 Å². The summed E-state index contributed by atoms with van der Waals surface area (Å²) in [5, 5.41) is 0. The predicted octanol–water partition coefficient (Wildman–Crippen LogP) is 3.38. The van der Waals surface area contributed by atoms with E-state index in [1.54, 1.807) is 0 Å². The predicted molar refractivity (Wildman–Crippen MR) is 101 cm³/mol. The molecule has 2 aromatic rings. The third-order valence-electron chi connectivity index (χ3n) is 5.74. The summed E-state index contributed by atoms with van der Waals surface area (Å²) in [7, 11) is 0. The van der Waals surface area contributed by atoms with Crippen LogP contribution in [0.2, 0.25) is 0 Å². The van der Waals surface area contributed by atoms with Crippen LogP contribution in [-0.2, 0) is 9.53 Å². The molecule has 1 aromatic carbocycles. The Labute approximate surface area is 158 Å². The van der Waals surface area contributed by atoms with Crippen LogP contribution in [0.25, 0.3) is 0 Å². The zero-order valence-electron chi connectivity index (χ0n) is 15.5. The van der Waals surface area contributed by atoms with Gasteiger partial charge in [-0.1, -0.05) is 37.3 Å². The average Bonchev–Trinajstić information content (AvgIpc) is 3.18. The van der Waals surface area contributed by atoms with Crippen molar-refractivity contribution < 1.29 is 13.9 Å². The number of hydrogen-bond donors (Lipinski definition) is 0. The lowest BCUT2D eigenvalue weighted by atomic mass is 9.78. The number of benzene rings is 1. The van der Waals surface area contributed by atoms with Crippen molar-refractivity contribution in [2.75, 3.05) is 31.3 Å². The minimum absolute atomic E-state index is 0.0292. The molecule has 2 saturated heterocycles. The van der Waals surface area contributed by atoms with E-state index in [4.69, 9.17) is 4.74 Å². The normalized spacial score (nSPS) is 22.1. The maximum atomic E-state index is 13.5. The molecular formula is C21H24FN3O2. The molecule has 3 heterocycles. The lowest BCUT2D eigenvalue weighted by molar-refractivity contribution is -0.144. The van der Waals surface area contributed by atoms with Gasteiger partial charge < -0.3 is 14.5 Å². The number of aromatic nitrogens is 1. The van der Waals surface area contributed by atoms with Gasteiger partial charge in [0.1, 0.15) is 18.4 Å². The number of pyridine rings is 1. The van der Waals surface area contributed by atoms with Crippen molar-refractivity contribution in [2.24, 2.45) is 5.41 Å². The first-order valence-electron chi connectivity index (χ1n) is 9.37. The molecule has 0 radical (unpaired) electrons. The number of ether oxygens (including phenoxy) is 1. The molecule has 27 heavy (non-hydrogen) atoms. The molecule has 0 aliphatic carbocycles. The number of rotatable bonds is 3. The topological polar surface area (TPSA) is 45.7 Å². The summed E-state index contributed by atoms with van der Waals surface area (Å²) in [4.78, 5) is 21.5. The van der Waals surface area contributed by atoms with Gasteiger partial charge in [-0.05, 0) is 24.5 Å². The first-order chi connectivity index (χ1) is 13.1. The highest BCUT2D eigenvalue weighted by Gasteiger charge is 2.43. The third kappa shape index (κ3) is 3.54. The molecule has 1 amide bonds. The number of piperidine rings is 1. The van der Waals surface area contributed by atoms with Gasteiger partial charge in [-0.15, -0.1) is 0 Å². The number of anilines is 1. The first kappa shape index (κ1) is 17.9. The molecule has 0 bridgehead atoms. The maximum Gasteiger partial charge on any atom is 0.231 e. The van der Waals surface area contributed by atoms with Gasteiger partial charge in [0, 0.05) is 25.4 Å². The fourth-order valence-corrected chi connectivity index (χ4v) is 3.95. The average molecular weight is 369 g/mol. The van der Waals surface area contributed by atoms with Gasteiger partial charge in [-0.25, -0.2) is 9.37 Å². The minimum Gasteiger partial charge on any atom is -0.359 e. The highest BCUT2D eigenvalue weighted by atomic mass is 19.1. The second-order valence-corrected chi connectivity index (χ2v) is 7.58. The molecule has 2 fully saturated rings. The lowest BCUT2D eigenvalue weighted by Gasteiger charge is -2.41. The fourth-order valence-electron chi connectivity index (χ4n) is 3.95. The summed E-state index contributed by atoms with van der Waals surface area (Å²) < 4.78 is 19.1. The maximum absolute atomic E-state index is 13.5. The smallest absolute Gasteiger partial charge is 0.231 e. The fraction of sp³-hybridized carbons (Fsp3) is 0.429. The summed E-state index contributed by atoms with van der Waals surface area (Å²) in [5.41, 5.74) is 0.665. The van der Waals surface area contributed by atoms with E-state index >= 15 is 0 Å². The number of nitrogens with zero attached hydrogens (tertiary/aromatic N) is 3. The molecule has 0 spiro atoms. The molecule has 4 rings (SSSR count). The highest BCUT2D eigenvalue weighted by Crippen LogP contribution is 2.38. The third-order valence-corrected chi connectivity index (χ3v) is 5.74. The largest absolute Gasteiger partial charge is 0.359 e. The number of amides is 1. The van der Waals surface area contributed by atoms with Gasteiger partial charge in [-0.2, -0.15) is 0 Å². The van der Waals surface area contributed by atoms with Crippen molar-refractivity contribution in [1.82, 2.24) is 9.88 Å². The van der Waals surface area contributed by atoms with Crippen LogP contribution in [0, 0.1) is 11.2 Å². The molecule has 1 aromatic heterocycles. The quantitative estimate of drug-likeness (QED) is 0.832. The second kappa shape index (κ2) is 7.27. The zero-order valence-corrected chi connectivity index (χ0v) is 15.5. The minimum atomic E-state index is -0.440. The van der Waals surface area contributed by atoms with Crippen molar-refractivity contribution in [1.29, 1.82) is 0 Å². The van der Waals surface area contributed by atoms with Crippen LogP contribution in [0.1, 0.15) is 31.4 Å². The summed E-state index contributed by atoms with van der Waals surface area (Å²) in [6.07, 6.45) is 2.90. The van der Waals surface area contributed by atoms with E-state index in [2.05, 4.69) is 4.98 Å². The Hall–Kier alpha value is -2.47. The number of carbonyl (C=O) groups excluding carboxylic acids is 1.